The highest BCUT2D eigenvalue weighted by molar-refractivity contribution is 6.29. The molecule has 2 rings (SSSR count). The number of hydrogen-bond donors (Lipinski definition) is 0. The third kappa shape index (κ3) is 2.70. The van der Waals surface area contributed by atoms with Gasteiger partial charge in [-0.15, -0.1) is 0 Å². The lowest BCUT2D eigenvalue weighted by atomic mass is 10.5. The lowest BCUT2D eigenvalue weighted by molar-refractivity contribution is 0.460. The van der Waals surface area contributed by atoms with E-state index in [2.05, 4.69) is 22.0 Å². The molecule has 0 unspecified atom stereocenters. The van der Waals surface area contributed by atoms with Gasteiger partial charge in [-0.05, 0) is 6.42 Å². The summed E-state index contributed by atoms with van der Waals surface area (Å²) in [6, 6.07) is 1.55. The summed E-state index contributed by atoms with van der Waals surface area (Å²) in [6.45, 7) is 2.96. The topological polar surface area (TPSA) is 52.8 Å². The molecule has 0 atom stereocenters. The maximum Gasteiger partial charge on any atom is 0.223 e. The summed E-state index contributed by atoms with van der Waals surface area (Å²) in [7, 11) is 0. The van der Waals surface area contributed by atoms with Crippen molar-refractivity contribution in [2.75, 3.05) is 0 Å². The minimum absolute atomic E-state index is 0.353. The molecular formula is C10H11ClN4O. The van der Waals surface area contributed by atoms with Crippen LogP contribution >= 0.6 is 11.6 Å². The van der Waals surface area contributed by atoms with Gasteiger partial charge < -0.3 is 4.74 Å². The van der Waals surface area contributed by atoms with E-state index in [4.69, 9.17) is 16.3 Å². The molecule has 0 bridgehead atoms. The fourth-order valence-electron chi connectivity index (χ4n) is 1.24. The van der Waals surface area contributed by atoms with Crippen LogP contribution in [0.1, 0.15) is 13.3 Å². The Morgan fingerprint density at radius 2 is 2.31 bits per heavy atom. The molecule has 0 fully saturated rings. The van der Waals surface area contributed by atoms with Crippen LogP contribution in [0.25, 0.3) is 0 Å². The molecule has 84 valence electrons. The van der Waals surface area contributed by atoms with Crippen LogP contribution in [-0.2, 0) is 6.54 Å². The van der Waals surface area contributed by atoms with Crippen LogP contribution in [-0.4, -0.2) is 19.7 Å². The Bertz CT molecular complexity index is 471. The van der Waals surface area contributed by atoms with Crippen molar-refractivity contribution in [1.29, 1.82) is 0 Å². The summed E-state index contributed by atoms with van der Waals surface area (Å²) in [6.07, 6.45) is 5.85. The Morgan fingerprint density at radius 1 is 1.44 bits per heavy atom. The van der Waals surface area contributed by atoms with Gasteiger partial charge in [0, 0.05) is 12.6 Å². The molecule has 0 saturated carbocycles. The van der Waals surface area contributed by atoms with Gasteiger partial charge in [-0.3, -0.25) is 4.68 Å². The Labute approximate surface area is 98.0 Å². The molecule has 6 heteroatoms. The Kier molecular flexibility index (Phi) is 3.36. The van der Waals surface area contributed by atoms with E-state index in [1.165, 1.54) is 6.33 Å². The first kappa shape index (κ1) is 10.9. The molecule has 2 aromatic rings. The average Bonchev–Trinajstić information content (AvgIpc) is 2.66. The zero-order chi connectivity index (χ0) is 11.4. The zero-order valence-electron chi connectivity index (χ0n) is 8.80. The first-order chi connectivity index (χ1) is 7.78. The van der Waals surface area contributed by atoms with Gasteiger partial charge in [0.2, 0.25) is 5.88 Å². The predicted molar refractivity (Wildman–Crippen MR) is 59.6 cm³/mol. The number of ether oxygens (including phenoxy) is 1. The summed E-state index contributed by atoms with van der Waals surface area (Å²) in [5, 5.41) is 4.49. The second-order valence-corrected chi connectivity index (χ2v) is 3.61. The minimum atomic E-state index is 0.353. The summed E-state index contributed by atoms with van der Waals surface area (Å²) in [5.74, 6) is 1.05. The van der Waals surface area contributed by atoms with Crippen molar-refractivity contribution in [2.24, 2.45) is 0 Å². The normalized spacial score (nSPS) is 10.4. The summed E-state index contributed by atoms with van der Waals surface area (Å²) >= 11 is 5.71. The SMILES string of the molecule is CCCn1cc(Oc2cc(Cl)ncn2)cn1. The first-order valence-corrected chi connectivity index (χ1v) is 5.33. The third-order valence-corrected chi connectivity index (χ3v) is 2.10. The molecule has 0 aliphatic heterocycles. The number of hydrogen-bond acceptors (Lipinski definition) is 4. The smallest absolute Gasteiger partial charge is 0.223 e. The van der Waals surface area contributed by atoms with Crippen LogP contribution in [0.3, 0.4) is 0 Å². The van der Waals surface area contributed by atoms with E-state index < -0.39 is 0 Å². The number of rotatable bonds is 4. The summed E-state index contributed by atoms with van der Waals surface area (Å²) in [5.41, 5.74) is 0. The van der Waals surface area contributed by atoms with Crippen LogP contribution < -0.4 is 4.74 Å². The molecule has 16 heavy (non-hydrogen) atoms. The van der Waals surface area contributed by atoms with Gasteiger partial charge in [0.05, 0.1) is 12.4 Å². The molecule has 0 N–H and O–H groups in total. The number of aryl methyl sites for hydroxylation is 1. The van der Waals surface area contributed by atoms with Gasteiger partial charge in [0.1, 0.15) is 11.5 Å². The van der Waals surface area contributed by atoms with E-state index >= 15 is 0 Å². The monoisotopic (exact) mass is 238 g/mol. The predicted octanol–water partition coefficient (Wildman–Crippen LogP) is 2.53. The van der Waals surface area contributed by atoms with Gasteiger partial charge in [-0.25, -0.2) is 9.97 Å². The van der Waals surface area contributed by atoms with Crippen LogP contribution in [0.15, 0.2) is 24.8 Å². The lowest BCUT2D eigenvalue weighted by Gasteiger charge is -2.00. The maximum absolute atomic E-state index is 5.71. The van der Waals surface area contributed by atoms with Gasteiger partial charge in [-0.2, -0.15) is 5.10 Å². The third-order valence-electron chi connectivity index (χ3n) is 1.89. The fraction of sp³-hybridized carbons (Fsp3) is 0.300. The van der Waals surface area contributed by atoms with E-state index in [1.54, 1.807) is 12.3 Å². The lowest BCUT2D eigenvalue weighted by Crippen LogP contribution is -1.95. The Morgan fingerprint density at radius 3 is 3.06 bits per heavy atom. The van der Waals surface area contributed by atoms with Crippen molar-refractivity contribution >= 4 is 11.6 Å². The van der Waals surface area contributed by atoms with E-state index in [0.29, 0.717) is 16.8 Å². The molecule has 0 aliphatic rings. The van der Waals surface area contributed by atoms with Gasteiger partial charge in [0.15, 0.2) is 5.75 Å². The van der Waals surface area contributed by atoms with Crippen molar-refractivity contribution in [1.82, 2.24) is 19.7 Å². The van der Waals surface area contributed by atoms with E-state index in [0.717, 1.165) is 13.0 Å². The number of aromatic nitrogens is 4. The fourth-order valence-corrected chi connectivity index (χ4v) is 1.38. The molecule has 0 aliphatic carbocycles. The maximum atomic E-state index is 5.71. The zero-order valence-corrected chi connectivity index (χ0v) is 9.55. The molecule has 2 aromatic heterocycles. The Balaban J connectivity index is 2.08. The molecule has 0 aromatic carbocycles. The van der Waals surface area contributed by atoms with E-state index in [9.17, 15) is 0 Å². The van der Waals surface area contributed by atoms with Crippen molar-refractivity contribution in [3.63, 3.8) is 0 Å². The Hall–Kier alpha value is -1.62. The van der Waals surface area contributed by atoms with Crippen LogP contribution in [0.5, 0.6) is 11.6 Å². The van der Waals surface area contributed by atoms with Crippen LogP contribution in [0.4, 0.5) is 0 Å². The number of halogens is 1. The van der Waals surface area contributed by atoms with Crippen molar-refractivity contribution in [3.8, 4) is 11.6 Å². The van der Waals surface area contributed by atoms with E-state index in [-0.39, 0.29) is 0 Å². The molecule has 0 saturated heterocycles. The first-order valence-electron chi connectivity index (χ1n) is 4.96. The van der Waals surface area contributed by atoms with Crippen molar-refractivity contribution in [3.05, 3.63) is 29.9 Å². The molecular weight excluding hydrogens is 228 g/mol. The van der Waals surface area contributed by atoms with Crippen molar-refractivity contribution < 1.29 is 4.74 Å². The molecule has 0 spiro atoms. The average molecular weight is 239 g/mol. The quantitative estimate of drug-likeness (QED) is 0.768. The molecule has 2 heterocycles. The molecule has 5 nitrogen and oxygen atoms in total. The highest BCUT2D eigenvalue weighted by Gasteiger charge is 2.02. The van der Waals surface area contributed by atoms with Crippen LogP contribution in [0.2, 0.25) is 5.15 Å². The van der Waals surface area contributed by atoms with Crippen molar-refractivity contribution in [2.45, 2.75) is 19.9 Å². The number of nitrogens with zero attached hydrogens (tertiary/aromatic N) is 4. The highest BCUT2D eigenvalue weighted by Crippen LogP contribution is 2.19. The highest BCUT2D eigenvalue weighted by atomic mass is 35.5. The molecule has 0 amide bonds. The minimum Gasteiger partial charge on any atom is -0.436 e. The van der Waals surface area contributed by atoms with Gasteiger partial charge in [-0.1, -0.05) is 18.5 Å². The van der Waals surface area contributed by atoms with Gasteiger partial charge in [0.25, 0.3) is 0 Å². The summed E-state index contributed by atoms with van der Waals surface area (Å²) < 4.78 is 7.28. The second-order valence-electron chi connectivity index (χ2n) is 3.22. The van der Waals surface area contributed by atoms with E-state index in [1.807, 2.05) is 10.9 Å². The second kappa shape index (κ2) is 4.94. The molecule has 0 radical (unpaired) electrons. The standard InChI is InChI=1S/C10H11ClN4O/c1-2-3-15-6-8(5-14-15)16-10-4-9(11)12-7-13-10/h4-7H,2-3H2,1H3. The largest absolute Gasteiger partial charge is 0.436 e. The summed E-state index contributed by atoms with van der Waals surface area (Å²) in [4.78, 5) is 7.70. The van der Waals surface area contributed by atoms with Gasteiger partial charge >= 0.3 is 0 Å². The van der Waals surface area contributed by atoms with Crippen LogP contribution in [0, 0.1) is 0 Å².